The molecule has 0 aliphatic heterocycles. The summed E-state index contributed by atoms with van der Waals surface area (Å²) >= 11 is 0. The van der Waals surface area contributed by atoms with Crippen molar-refractivity contribution in [2.24, 2.45) is 0 Å². The first-order valence-electron chi connectivity index (χ1n) is 10.8. The number of aromatic nitrogens is 1. The molecule has 1 heterocycles. The molecular weight excluding hydrogens is 437 g/mol. The van der Waals surface area contributed by atoms with E-state index in [0.717, 1.165) is 11.3 Å². The normalized spacial score (nSPS) is 10.1. The van der Waals surface area contributed by atoms with E-state index in [1.807, 2.05) is 61.2 Å². The highest BCUT2D eigenvalue weighted by atomic mass is 19.3. The standard InChI is InChI=1S/C25H23F3N4.C2H6/c1-17(30-31-18(2)25(27)28)21-9-10-22(24(26)15-21)16-32(23-7-5-4-6-8-23)19(3)20-11-13-29-14-12-20;1-2/h4-15,25,30-31H,1-3,16H2;1-2H3. The van der Waals surface area contributed by atoms with E-state index in [2.05, 4.69) is 35.6 Å². The Morgan fingerprint density at radius 1 is 0.912 bits per heavy atom. The fraction of sp³-hybridized carbons (Fsp3) is 0.148. The third-order valence-electron chi connectivity index (χ3n) is 4.77. The molecule has 2 N–H and O–H groups in total. The zero-order valence-electron chi connectivity index (χ0n) is 19.4. The molecule has 1 aromatic heterocycles. The molecule has 0 spiro atoms. The van der Waals surface area contributed by atoms with E-state index in [9.17, 15) is 13.2 Å². The van der Waals surface area contributed by atoms with E-state index < -0.39 is 17.9 Å². The summed E-state index contributed by atoms with van der Waals surface area (Å²) < 4.78 is 40.1. The van der Waals surface area contributed by atoms with E-state index in [1.165, 1.54) is 6.07 Å². The summed E-state index contributed by atoms with van der Waals surface area (Å²) in [6, 6.07) is 17.8. The lowest BCUT2D eigenvalue weighted by Crippen LogP contribution is -2.31. The minimum atomic E-state index is -2.73. The monoisotopic (exact) mass is 466 g/mol. The molecule has 0 saturated heterocycles. The molecule has 178 valence electrons. The van der Waals surface area contributed by atoms with E-state index in [-0.39, 0.29) is 12.2 Å². The van der Waals surface area contributed by atoms with Gasteiger partial charge in [0.15, 0.2) is 0 Å². The average molecular weight is 467 g/mol. The maximum atomic E-state index is 15.0. The van der Waals surface area contributed by atoms with Crippen LogP contribution in [0.5, 0.6) is 0 Å². The predicted octanol–water partition coefficient (Wildman–Crippen LogP) is 6.77. The van der Waals surface area contributed by atoms with Gasteiger partial charge < -0.3 is 10.3 Å². The number of nitrogens with zero attached hydrogens (tertiary/aromatic N) is 2. The molecule has 0 aliphatic carbocycles. The molecule has 0 fully saturated rings. The number of hydrogen-bond acceptors (Lipinski definition) is 4. The molecule has 0 bridgehead atoms. The van der Waals surface area contributed by atoms with E-state index >= 15 is 0 Å². The van der Waals surface area contributed by atoms with Crippen molar-refractivity contribution in [3.8, 4) is 0 Å². The highest BCUT2D eigenvalue weighted by Gasteiger charge is 2.16. The molecule has 0 aliphatic rings. The van der Waals surface area contributed by atoms with Gasteiger partial charge >= 0.3 is 0 Å². The molecule has 0 saturated carbocycles. The number of anilines is 1. The van der Waals surface area contributed by atoms with Crippen LogP contribution in [-0.2, 0) is 6.54 Å². The first-order valence-corrected chi connectivity index (χ1v) is 10.8. The molecule has 3 aromatic rings. The predicted molar refractivity (Wildman–Crippen MR) is 134 cm³/mol. The highest BCUT2D eigenvalue weighted by Crippen LogP contribution is 2.28. The van der Waals surface area contributed by atoms with Crippen molar-refractivity contribution in [1.82, 2.24) is 15.8 Å². The number of nitrogens with one attached hydrogen (secondary N) is 2. The van der Waals surface area contributed by atoms with Crippen LogP contribution in [0.15, 0.2) is 98.5 Å². The summed E-state index contributed by atoms with van der Waals surface area (Å²) in [6.07, 6.45) is 0.620. The Hall–Kier alpha value is -4.00. The zero-order valence-corrected chi connectivity index (χ0v) is 19.4. The molecule has 0 amide bonds. The number of alkyl halides is 2. The average Bonchev–Trinajstić information content (AvgIpc) is 2.88. The highest BCUT2D eigenvalue weighted by molar-refractivity contribution is 5.77. The van der Waals surface area contributed by atoms with Crippen LogP contribution in [0.4, 0.5) is 18.9 Å². The number of allylic oxidation sites excluding steroid dienone is 1. The molecule has 0 radical (unpaired) electrons. The molecule has 7 heteroatoms. The Labute approximate surface area is 199 Å². The summed E-state index contributed by atoms with van der Waals surface area (Å²) in [7, 11) is 0. The lowest BCUT2D eigenvalue weighted by Gasteiger charge is -2.27. The number of rotatable bonds is 10. The topological polar surface area (TPSA) is 40.2 Å². The molecule has 34 heavy (non-hydrogen) atoms. The molecule has 0 atom stereocenters. The van der Waals surface area contributed by atoms with Gasteiger partial charge in [-0.1, -0.05) is 63.9 Å². The Kier molecular flexibility index (Phi) is 9.95. The van der Waals surface area contributed by atoms with Gasteiger partial charge in [0.05, 0.1) is 17.9 Å². The van der Waals surface area contributed by atoms with Gasteiger partial charge in [-0.3, -0.25) is 10.4 Å². The second kappa shape index (κ2) is 12.9. The first kappa shape index (κ1) is 26.3. The van der Waals surface area contributed by atoms with Gasteiger partial charge in [0.2, 0.25) is 0 Å². The van der Waals surface area contributed by atoms with E-state index in [1.54, 1.807) is 24.5 Å². The largest absolute Gasteiger partial charge is 0.337 e. The number of para-hydroxylation sites is 1. The SMILES string of the molecule is C=C(NNC(=C)C(F)F)c1ccc(CN(C(=C)c2ccncc2)c2ccccc2)c(F)c1.CC. The zero-order chi connectivity index (χ0) is 25.1. The van der Waals surface area contributed by atoms with Crippen molar-refractivity contribution in [2.75, 3.05) is 4.90 Å². The molecule has 0 unspecified atom stereocenters. The molecule has 3 rings (SSSR count). The fourth-order valence-electron chi connectivity index (χ4n) is 2.97. The summed E-state index contributed by atoms with van der Waals surface area (Å²) in [5.74, 6) is -0.457. The molecule has 2 aromatic carbocycles. The maximum Gasteiger partial charge on any atom is 0.279 e. The number of hydrazine groups is 1. The lowest BCUT2D eigenvalue weighted by molar-refractivity contribution is 0.179. The third-order valence-corrected chi connectivity index (χ3v) is 4.77. The van der Waals surface area contributed by atoms with Crippen molar-refractivity contribution in [2.45, 2.75) is 26.8 Å². The van der Waals surface area contributed by atoms with Gasteiger partial charge in [0.25, 0.3) is 6.43 Å². The van der Waals surface area contributed by atoms with Crippen molar-refractivity contribution in [3.05, 3.63) is 121 Å². The molecule has 4 nitrogen and oxygen atoms in total. The number of hydrogen-bond donors (Lipinski definition) is 2. The maximum absolute atomic E-state index is 15.0. The van der Waals surface area contributed by atoms with Gasteiger partial charge in [-0.15, -0.1) is 0 Å². The molecular formula is C27H29F3N4. The van der Waals surface area contributed by atoms with Crippen LogP contribution in [0, 0.1) is 5.82 Å². The summed E-state index contributed by atoms with van der Waals surface area (Å²) in [4.78, 5) is 5.95. The van der Waals surface area contributed by atoms with Crippen LogP contribution in [0.1, 0.15) is 30.5 Å². The van der Waals surface area contributed by atoms with E-state index in [4.69, 9.17) is 0 Å². The van der Waals surface area contributed by atoms with Crippen LogP contribution in [0.2, 0.25) is 0 Å². The van der Waals surface area contributed by atoms with Gasteiger partial charge in [0, 0.05) is 40.5 Å². The summed E-state index contributed by atoms with van der Waals surface area (Å²) in [5, 5.41) is 0. The number of pyridine rings is 1. The van der Waals surface area contributed by atoms with Crippen molar-refractivity contribution >= 4 is 17.1 Å². The second-order valence-corrected chi connectivity index (χ2v) is 6.96. The lowest BCUT2D eigenvalue weighted by atomic mass is 10.1. The fourth-order valence-corrected chi connectivity index (χ4v) is 2.97. The van der Waals surface area contributed by atoms with Crippen molar-refractivity contribution in [1.29, 1.82) is 0 Å². The van der Waals surface area contributed by atoms with Crippen LogP contribution in [0.25, 0.3) is 11.4 Å². The van der Waals surface area contributed by atoms with Gasteiger partial charge in [-0.25, -0.2) is 13.2 Å². The quantitative estimate of drug-likeness (QED) is 0.324. The minimum Gasteiger partial charge on any atom is -0.337 e. The third kappa shape index (κ3) is 7.00. The van der Waals surface area contributed by atoms with Crippen LogP contribution in [0.3, 0.4) is 0 Å². The Balaban J connectivity index is 0.00000199. The Bertz CT molecular complexity index is 1100. The van der Waals surface area contributed by atoms with Crippen LogP contribution >= 0.6 is 0 Å². The van der Waals surface area contributed by atoms with Gasteiger partial charge in [0.1, 0.15) is 5.82 Å². The summed E-state index contributed by atoms with van der Waals surface area (Å²) in [5.41, 5.74) is 7.78. The van der Waals surface area contributed by atoms with Crippen LogP contribution < -0.4 is 15.8 Å². The smallest absolute Gasteiger partial charge is 0.279 e. The van der Waals surface area contributed by atoms with Crippen molar-refractivity contribution in [3.63, 3.8) is 0 Å². The van der Waals surface area contributed by atoms with Gasteiger partial charge in [-0.2, -0.15) is 0 Å². The first-order chi connectivity index (χ1) is 16.4. The Morgan fingerprint density at radius 2 is 1.56 bits per heavy atom. The number of benzene rings is 2. The Morgan fingerprint density at radius 3 is 2.15 bits per heavy atom. The van der Waals surface area contributed by atoms with Crippen LogP contribution in [-0.4, -0.2) is 11.4 Å². The number of halogens is 3. The summed E-state index contributed by atoms with van der Waals surface area (Å²) in [6.45, 7) is 15.4. The van der Waals surface area contributed by atoms with Crippen molar-refractivity contribution < 1.29 is 13.2 Å². The minimum absolute atomic E-state index is 0.234. The van der Waals surface area contributed by atoms with E-state index in [0.29, 0.717) is 16.8 Å². The van der Waals surface area contributed by atoms with Gasteiger partial charge in [-0.05, 0) is 30.3 Å². The second-order valence-electron chi connectivity index (χ2n) is 6.96.